The summed E-state index contributed by atoms with van der Waals surface area (Å²) in [5.41, 5.74) is 2.06. The largest absolute Gasteiger partial charge is 0.336 e. The molecular formula is C17H18N2O2S. The maximum atomic E-state index is 12.2. The number of rotatable bonds is 4. The monoisotopic (exact) mass is 314 g/mol. The zero-order valence-electron chi connectivity index (χ0n) is 12.4. The van der Waals surface area contributed by atoms with Gasteiger partial charge in [0, 0.05) is 18.8 Å². The highest BCUT2D eigenvalue weighted by Crippen LogP contribution is 2.22. The number of amides is 2. The first-order valence-electron chi connectivity index (χ1n) is 7.40. The molecule has 4 nitrogen and oxygen atoms in total. The number of thiophene rings is 1. The second-order valence-electron chi connectivity index (χ2n) is 5.42. The summed E-state index contributed by atoms with van der Waals surface area (Å²) in [5.74, 6) is -0.111. The molecule has 2 heterocycles. The Labute approximate surface area is 133 Å². The first kappa shape index (κ1) is 14.8. The highest BCUT2D eigenvalue weighted by Gasteiger charge is 2.36. The number of benzene rings is 1. The van der Waals surface area contributed by atoms with Crippen molar-refractivity contribution in [2.75, 3.05) is 18.4 Å². The SMILES string of the molecule is CCc1ccc(NC(=O)C2CN(C(=O)c3cccs3)C2)cc1. The third-order valence-corrected chi connectivity index (χ3v) is 4.76. The van der Waals surface area contributed by atoms with E-state index >= 15 is 0 Å². The van der Waals surface area contributed by atoms with Crippen LogP contribution in [0, 0.1) is 5.92 Å². The quantitative estimate of drug-likeness (QED) is 0.943. The van der Waals surface area contributed by atoms with E-state index in [1.165, 1.54) is 16.9 Å². The second-order valence-corrected chi connectivity index (χ2v) is 6.37. The van der Waals surface area contributed by atoms with Crippen molar-refractivity contribution in [2.45, 2.75) is 13.3 Å². The van der Waals surface area contributed by atoms with Gasteiger partial charge in [-0.15, -0.1) is 11.3 Å². The summed E-state index contributed by atoms with van der Waals surface area (Å²) in [6.45, 7) is 3.09. The van der Waals surface area contributed by atoms with Crippen molar-refractivity contribution in [3.05, 3.63) is 52.2 Å². The predicted molar refractivity (Wildman–Crippen MR) is 88.2 cm³/mol. The first-order valence-corrected chi connectivity index (χ1v) is 8.28. The first-order chi connectivity index (χ1) is 10.7. The molecule has 1 aliphatic rings. The molecule has 22 heavy (non-hydrogen) atoms. The zero-order valence-corrected chi connectivity index (χ0v) is 13.2. The Kier molecular flexibility index (Phi) is 4.24. The van der Waals surface area contributed by atoms with Gasteiger partial charge in [-0.2, -0.15) is 0 Å². The maximum absolute atomic E-state index is 12.2. The summed E-state index contributed by atoms with van der Waals surface area (Å²) >= 11 is 1.43. The fourth-order valence-corrected chi connectivity index (χ4v) is 3.13. The molecule has 0 radical (unpaired) electrons. The fraction of sp³-hybridized carbons (Fsp3) is 0.294. The molecule has 0 saturated carbocycles. The molecule has 0 bridgehead atoms. The molecule has 1 aromatic heterocycles. The summed E-state index contributed by atoms with van der Waals surface area (Å²) in [4.78, 5) is 26.7. The summed E-state index contributed by atoms with van der Waals surface area (Å²) < 4.78 is 0. The van der Waals surface area contributed by atoms with E-state index in [0.717, 1.165) is 17.0 Å². The van der Waals surface area contributed by atoms with Crippen molar-refractivity contribution >= 4 is 28.8 Å². The number of anilines is 1. The second kappa shape index (κ2) is 6.32. The van der Waals surface area contributed by atoms with Gasteiger partial charge in [-0.25, -0.2) is 0 Å². The van der Waals surface area contributed by atoms with Gasteiger partial charge in [0.05, 0.1) is 10.8 Å². The lowest BCUT2D eigenvalue weighted by Gasteiger charge is -2.37. The van der Waals surface area contributed by atoms with Gasteiger partial charge >= 0.3 is 0 Å². The van der Waals surface area contributed by atoms with Gasteiger partial charge in [0.15, 0.2) is 0 Å². The van der Waals surface area contributed by atoms with Crippen LogP contribution in [0.5, 0.6) is 0 Å². The van der Waals surface area contributed by atoms with Gasteiger partial charge in [-0.1, -0.05) is 25.1 Å². The topological polar surface area (TPSA) is 49.4 Å². The molecule has 1 aliphatic heterocycles. The molecule has 0 aliphatic carbocycles. The van der Waals surface area contributed by atoms with Crippen LogP contribution in [-0.2, 0) is 11.2 Å². The zero-order chi connectivity index (χ0) is 15.5. The molecule has 0 atom stereocenters. The van der Waals surface area contributed by atoms with Gasteiger partial charge in [0.2, 0.25) is 5.91 Å². The van der Waals surface area contributed by atoms with Crippen molar-refractivity contribution in [3.63, 3.8) is 0 Å². The molecule has 5 heteroatoms. The number of likely N-dealkylation sites (tertiary alicyclic amines) is 1. The highest BCUT2D eigenvalue weighted by atomic mass is 32.1. The normalized spacial score (nSPS) is 14.5. The molecule has 1 saturated heterocycles. The number of hydrogen-bond donors (Lipinski definition) is 1. The van der Waals surface area contributed by atoms with Crippen LogP contribution >= 0.6 is 11.3 Å². The molecular weight excluding hydrogens is 296 g/mol. The lowest BCUT2D eigenvalue weighted by atomic mass is 9.98. The average molecular weight is 314 g/mol. The van der Waals surface area contributed by atoms with E-state index in [2.05, 4.69) is 12.2 Å². The van der Waals surface area contributed by atoms with E-state index in [1.54, 1.807) is 4.90 Å². The molecule has 0 unspecified atom stereocenters. The van der Waals surface area contributed by atoms with Crippen LogP contribution in [0.3, 0.4) is 0 Å². The van der Waals surface area contributed by atoms with Gasteiger partial charge in [-0.3, -0.25) is 9.59 Å². The van der Waals surface area contributed by atoms with E-state index < -0.39 is 0 Å². The Balaban J connectivity index is 1.51. The molecule has 3 rings (SSSR count). The Bertz CT molecular complexity index is 658. The van der Waals surface area contributed by atoms with Gasteiger partial charge < -0.3 is 10.2 Å². The van der Waals surface area contributed by atoms with Gasteiger partial charge in [0.25, 0.3) is 5.91 Å². The Hall–Kier alpha value is -2.14. The van der Waals surface area contributed by atoms with Crippen LogP contribution in [0.25, 0.3) is 0 Å². The van der Waals surface area contributed by atoms with E-state index in [9.17, 15) is 9.59 Å². The van der Waals surface area contributed by atoms with Crippen LogP contribution in [-0.4, -0.2) is 29.8 Å². The van der Waals surface area contributed by atoms with E-state index in [4.69, 9.17) is 0 Å². The Morgan fingerprint density at radius 1 is 1.23 bits per heavy atom. The molecule has 114 valence electrons. The summed E-state index contributed by atoms with van der Waals surface area (Å²) in [6, 6.07) is 11.6. The predicted octanol–water partition coefficient (Wildman–Crippen LogP) is 3.02. The van der Waals surface area contributed by atoms with Gasteiger partial charge in [-0.05, 0) is 35.6 Å². The van der Waals surface area contributed by atoms with Crippen LogP contribution in [0.1, 0.15) is 22.2 Å². The number of nitrogens with one attached hydrogen (secondary N) is 1. The minimum absolute atomic E-state index is 0.0144. The number of carbonyl (C=O) groups is 2. The summed E-state index contributed by atoms with van der Waals surface area (Å²) in [6.07, 6.45) is 0.983. The van der Waals surface area contributed by atoms with Crippen molar-refractivity contribution in [3.8, 4) is 0 Å². The van der Waals surface area contributed by atoms with Crippen molar-refractivity contribution in [1.82, 2.24) is 4.90 Å². The molecule has 0 spiro atoms. The summed E-state index contributed by atoms with van der Waals surface area (Å²) in [5, 5.41) is 4.80. The van der Waals surface area contributed by atoms with Crippen LogP contribution in [0.2, 0.25) is 0 Å². The van der Waals surface area contributed by atoms with E-state index in [0.29, 0.717) is 13.1 Å². The van der Waals surface area contributed by atoms with Crippen LogP contribution in [0.15, 0.2) is 41.8 Å². The van der Waals surface area contributed by atoms with Crippen molar-refractivity contribution in [2.24, 2.45) is 5.92 Å². The van der Waals surface area contributed by atoms with E-state index in [-0.39, 0.29) is 17.7 Å². The van der Waals surface area contributed by atoms with Crippen molar-refractivity contribution in [1.29, 1.82) is 0 Å². The lowest BCUT2D eigenvalue weighted by molar-refractivity contribution is -0.123. The number of hydrogen-bond acceptors (Lipinski definition) is 3. The highest BCUT2D eigenvalue weighted by molar-refractivity contribution is 7.12. The fourth-order valence-electron chi connectivity index (χ4n) is 2.43. The minimum atomic E-state index is -0.116. The molecule has 2 amide bonds. The minimum Gasteiger partial charge on any atom is -0.336 e. The number of nitrogens with zero attached hydrogens (tertiary/aromatic N) is 1. The third kappa shape index (κ3) is 3.04. The molecule has 1 N–H and O–H groups in total. The number of carbonyl (C=O) groups excluding carboxylic acids is 2. The average Bonchev–Trinajstić information content (AvgIpc) is 3.00. The van der Waals surface area contributed by atoms with Crippen LogP contribution < -0.4 is 5.32 Å². The lowest BCUT2D eigenvalue weighted by Crippen LogP contribution is -2.54. The van der Waals surface area contributed by atoms with E-state index in [1.807, 2.05) is 41.8 Å². The standard InChI is InChI=1S/C17H18N2O2S/c1-2-12-5-7-14(8-6-12)18-16(20)13-10-19(11-13)17(21)15-4-3-9-22-15/h3-9,13H,2,10-11H2,1H3,(H,18,20). The van der Waals surface area contributed by atoms with Crippen LogP contribution in [0.4, 0.5) is 5.69 Å². The summed E-state index contributed by atoms with van der Waals surface area (Å²) in [7, 11) is 0. The van der Waals surface area contributed by atoms with Gasteiger partial charge in [0.1, 0.15) is 0 Å². The Morgan fingerprint density at radius 2 is 1.95 bits per heavy atom. The molecule has 1 fully saturated rings. The maximum Gasteiger partial charge on any atom is 0.263 e. The van der Waals surface area contributed by atoms with Crippen molar-refractivity contribution < 1.29 is 9.59 Å². The number of aryl methyl sites for hydroxylation is 1. The molecule has 2 aromatic rings. The molecule has 1 aromatic carbocycles. The smallest absolute Gasteiger partial charge is 0.263 e. The Morgan fingerprint density at radius 3 is 2.55 bits per heavy atom. The third-order valence-electron chi connectivity index (χ3n) is 3.90.